The van der Waals surface area contributed by atoms with Gasteiger partial charge in [0, 0.05) is 18.8 Å². The Morgan fingerprint density at radius 2 is 1.65 bits per heavy atom. The fourth-order valence-electron chi connectivity index (χ4n) is 1.98. The minimum atomic E-state index is 0.820. The monoisotopic (exact) mass is 234 g/mol. The average Bonchev–Trinajstić information content (AvgIpc) is 2.39. The highest BCUT2D eigenvalue weighted by Gasteiger charge is 2.04. The first-order valence-electron chi connectivity index (χ1n) is 6.88. The molecule has 2 nitrogen and oxygen atoms in total. The molecule has 17 heavy (non-hydrogen) atoms. The van der Waals surface area contributed by atoms with Crippen LogP contribution in [0.2, 0.25) is 0 Å². The van der Waals surface area contributed by atoms with Crippen LogP contribution in [-0.2, 0) is 0 Å². The number of hydrogen-bond donors (Lipinski definition) is 1. The zero-order valence-electron chi connectivity index (χ0n) is 11.1. The first kappa shape index (κ1) is 14.0. The van der Waals surface area contributed by atoms with Crippen LogP contribution in [0.4, 0.5) is 5.69 Å². The molecular weight excluding hydrogens is 208 g/mol. The van der Waals surface area contributed by atoms with Crippen molar-refractivity contribution < 1.29 is 0 Å². The predicted octanol–water partition coefficient (Wildman–Crippen LogP) is 3.42. The van der Waals surface area contributed by atoms with Crippen LogP contribution in [0.25, 0.3) is 0 Å². The van der Waals surface area contributed by atoms with Crippen LogP contribution in [0.3, 0.4) is 0 Å². The van der Waals surface area contributed by atoms with Crippen molar-refractivity contribution in [1.82, 2.24) is 0 Å². The lowest BCUT2D eigenvalue weighted by atomic mass is 10.2. The van der Waals surface area contributed by atoms with Crippen LogP contribution in [0.15, 0.2) is 30.3 Å². The number of rotatable bonds is 9. The van der Waals surface area contributed by atoms with Crippen LogP contribution in [-0.4, -0.2) is 19.6 Å². The van der Waals surface area contributed by atoms with E-state index >= 15 is 0 Å². The van der Waals surface area contributed by atoms with Crippen molar-refractivity contribution in [2.24, 2.45) is 5.73 Å². The molecule has 0 aliphatic carbocycles. The van der Waals surface area contributed by atoms with Crippen LogP contribution >= 0.6 is 0 Å². The summed E-state index contributed by atoms with van der Waals surface area (Å²) in [4.78, 5) is 2.50. The summed E-state index contributed by atoms with van der Waals surface area (Å²) in [5.74, 6) is 0. The van der Waals surface area contributed by atoms with E-state index in [1.54, 1.807) is 0 Å². The van der Waals surface area contributed by atoms with Crippen molar-refractivity contribution >= 4 is 5.69 Å². The summed E-state index contributed by atoms with van der Waals surface area (Å²) in [5, 5.41) is 0. The molecule has 2 N–H and O–H groups in total. The summed E-state index contributed by atoms with van der Waals surface area (Å²) in [6, 6.07) is 10.7. The highest BCUT2D eigenvalue weighted by atomic mass is 15.1. The SMILES string of the molecule is CCCCN(CCCCCN)c1ccccc1. The summed E-state index contributed by atoms with van der Waals surface area (Å²) >= 11 is 0. The molecule has 1 aromatic rings. The summed E-state index contributed by atoms with van der Waals surface area (Å²) in [7, 11) is 0. The summed E-state index contributed by atoms with van der Waals surface area (Å²) in [6.07, 6.45) is 6.16. The highest BCUT2D eigenvalue weighted by Crippen LogP contribution is 2.15. The highest BCUT2D eigenvalue weighted by molar-refractivity contribution is 5.45. The number of benzene rings is 1. The molecule has 0 spiro atoms. The number of nitrogens with zero attached hydrogens (tertiary/aromatic N) is 1. The second kappa shape index (κ2) is 9.06. The summed E-state index contributed by atoms with van der Waals surface area (Å²) < 4.78 is 0. The largest absolute Gasteiger partial charge is 0.372 e. The average molecular weight is 234 g/mol. The Hall–Kier alpha value is -1.02. The first-order valence-corrected chi connectivity index (χ1v) is 6.88. The maximum atomic E-state index is 5.52. The van der Waals surface area contributed by atoms with Crippen LogP contribution in [0.1, 0.15) is 39.0 Å². The lowest BCUT2D eigenvalue weighted by Gasteiger charge is -2.24. The van der Waals surface area contributed by atoms with Crippen LogP contribution < -0.4 is 10.6 Å². The van der Waals surface area contributed by atoms with Crippen molar-refractivity contribution in [1.29, 1.82) is 0 Å². The number of unbranched alkanes of at least 4 members (excludes halogenated alkanes) is 3. The zero-order chi connectivity index (χ0) is 12.3. The van der Waals surface area contributed by atoms with E-state index in [0.717, 1.165) is 19.5 Å². The maximum Gasteiger partial charge on any atom is 0.0366 e. The molecule has 0 aliphatic heterocycles. The van der Waals surface area contributed by atoms with E-state index in [1.807, 2.05) is 0 Å². The van der Waals surface area contributed by atoms with E-state index in [1.165, 1.54) is 37.9 Å². The Labute approximate surface area is 106 Å². The third-order valence-corrected chi connectivity index (χ3v) is 3.04. The van der Waals surface area contributed by atoms with Crippen molar-refractivity contribution in [2.75, 3.05) is 24.5 Å². The van der Waals surface area contributed by atoms with E-state index in [2.05, 4.69) is 42.2 Å². The van der Waals surface area contributed by atoms with Crippen molar-refractivity contribution in [3.63, 3.8) is 0 Å². The summed E-state index contributed by atoms with van der Waals surface area (Å²) in [5.41, 5.74) is 6.88. The summed E-state index contributed by atoms with van der Waals surface area (Å²) in [6.45, 7) is 5.39. The molecule has 1 rings (SSSR count). The minimum absolute atomic E-state index is 0.820. The molecule has 0 atom stereocenters. The number of nitrogens with two attached hydrogens (primary N) is 1. The molecule has 0 saturated carbocycles. The Kier molecular flexibility index (Phi) is 7.48. The molecule has 96 valence electrons. The number of anilines is 1. The van der Waals surface area contributed by atoms with Gasteiger partial charge in [0.25, 0.3) is 0 Å². The van der Waals surface area contributed by atoms with Gasteiger partial charge in [-0.05, 0) is 37.9 Å². The second-order valence-corrected chi connectivity index (χ2v) is 4.53. The van der Waals surface area contributed by atoms with Gasteiger partial charge in [-0.15, -0.1) is 0 Å². The Bertz CT molecular complexity index is 272. The predicted molar refractivity (Wildman–Crippen MR) is 76.5 cm³/mol. The quantitative estimate of drug-likeness (QED) is 0.663. The molecule has 0 saturated heterocycles. The van der Waals surface area contributed by atoms with Gasteiger partial charge in [0.05, 0.1) is 0 Å². The lowest BCUT2D eigenvalue weighted by Crippen LogP contribution is -2.25. The number of para-hydroxylation sites is 1. The van der Waals surface area contributed by atoms with Crippen molar-refractivity contribution in [2.45, 2.75) is 39.0 Å². The molecule has 0 amide bonds. The molecule has 1 aromatic carbocycles. The Morgan fingerprint density at radius 1 is 0.941 bits per heavy atom. The van der Waals surface area contributed by atoms with Gasteiger partial charge in [0.15, 0.2) is 0 Å². The molecule has 0 fully saturated rings. The zero-order valence-corrected chi connectivity index (χ0v) is 11.1. The van der Waals surface area contributed by atoms with Crippen LogP contribution in [0, 0.1) is 0 Å². The molecule has 0 heterocycles. The van der Waals surface area contributed by atoms with Gasteiger partial charge in [-0.25, -0.2) is 0 Å². The van der Waals surface area contributed by atoms with Crippen molar-refractivity contribution in [3.05, 3.63) is 30.3 Å². The van der Waals surface area contributed by atoms with E-state index in [-0.39, 0.29) is 0 Å². The Morgan fingerprint density at radius 3 is 2.29 bits per heavy atom. The van der Waals surface area contributed by atoms with E-state index < -0.39 is 0 Å². The fourth-order valence-corrected chi connectivity index (χ4v) is 1.98. The van der Waals surface area contributed by atoms with Gasteiger partial charge in [-0.1, -0.05) is 38.0 Å². The van der Waals surface area contributed by atoms with Crippen molar-refractivity contribution in [3.8, 4) is 0 Å². The third-order valence-electron chi connectivity index (χ3n) is 3.04. The van der Waals surface area contributed by atoms with Gasteiger partial charge in [0.1, 0.15) is 0 Å². The first-order chi connectivity index (χ1) is 8.38. The lowest BCUT2D eigenvalue weighted by molar-refractivity contribution is 0.640. The standard InChI is InChI=1S/C15H26N2/c1-2-3-13-17(14-9-5-8-12-16)15-10-6-4-7-11-15/h4,6-7,10-11H,2-3,5,8-9,12-14,16H2,1H3. The fraction of sp³-hybridized carbons (Fsp3) is 0.600. The second-order valence-electron chi connectivity index (χ2n) is 4.53. The molecule has 0 unspecified atom stereocenters. The van der Waals surface area contributed by atoms with E-state index in [9.17, 15) is 0 Å². The van der Waals surface area contributed by atoms with E-state index in [0.29, 0.717) is 0 Å². The van der Waals surface area contributed by atoms with Gasteiger partial charge >= 0.3 is 0 Å². The van der Waals surface area contributed by atoms with Gasteiger partial charge in [-0.2, -0.15) is 0 Å². The van der Waals surface area contributed by atoms with Gasteiger partial charge in [0.2, 0.25) is 0 Å². The smallest absolute Gasteiger partial charge is 0.0366 e. The molecule has 0 aromatic heterocycles. The van der Waals surface area contributed by atoms with E-state index in [4.69, 9.17) is 5.73 Å². The normalized spacial score (nSPS) is 10.5. The van der Waals surface area contributed by atoms with Crippen LogP contribution in [0.5, 0.6) is 0 Å². The number of hydrogen-bond acceptors (Lipinski definition) is 2. The Balaban J connectivity index is 2.43. The van der Waals surface area contributed by atoms with Gasteiger partial charge in [-0.3, -0.25) is 0 Å². The molecule has 2 heteroatoms. The molecule has 0 bridgehead atoms. The third kappa shape index (κ3) is 5.73. The molecule has 0 aliphatic rings. The minimum Gasteiger partial charge on any atom is -0.372 e. The maximum absolute atomic E-state index is 5.52. The topological polar surface area (TPSA) is 29.3 Å². The molecular formula is C15H26N2. The molecule has 0 radical (unpaired) electrons. The van der Waals surface area contributed by atoms with Gasteiger partial charge < -0.3 is 10.6 Å².